The normalized spacial score (nSPS) is 17.6. The Balaban J connectivity index is 1.72. The van der Waals surface area contributed by atoms with E-state index in [-0.39, 0.29) is 29.7 Å². The van der Waals surface area contributed by atoms with E-state index in [0.29, 0.717) is 31.0 Å². The maximum absolute atomic E-state index is 15.4. The number of anilines is 2. The van der Waals surface area contributed by atoms with Crippen molar-refractivity contribution in [3.8, 4) is 0 Å². The number of carbonyl (C=O) groups is 3. The zero-order valence-electron chi connectivity index (χ0n) is 24.4. The molecule has 1 saturated carbocycles. The lowest BCUT2D eigenvalue weighted by atomic mass is 10.1. The molecule has 1 aromatic rings. The van der Waals surface area contributed by atoms with Gasteiger partial charge >= 0.3 is 12.2 Å². The molecule has 1 heterocycles. The highest BCUT2D eigenvalue weighted by Gasteiger charge is 2.32. The Labute approximate surface area is 230 Å². The van der Waals surface area contributed by atoms with Crippen LogP contribution in [-0.4, -0.2) is 65.9 Å². The number of hydrogen-bond donors (Lipinski definition) is 3. The van der Waals surface area contributed by atoms with Crippen molar-refractivity contribution < 1.29 is 28.2 Å². The molecule has 218 valence electrons. The fourth-order valence-corrected chi connectivity index (χ4v) is 4.33. The largest absolute Gasteiger partial charge is 0.444 e. The van der Waals surface area contributed by atoms with Crippen LogP contribution in [0.25, 0.3) is 0 Å². The van der Waals surface area contributed by atoms with Gasteiger partial charge in [0, 0.05) is 37.4 Å². The Morgan fingerprint density at radius 3 is 2.23 bits per heavy atom. The Bertz CT molecular complexity index is 1060. The van der Waals surface area contributed by atoms with E-state index in [9.17, 15) is 14.4 Å². The van der Waals surface area contributed by atoms with Crippen molar-refractivity contribution in [3.05, 3.63) is 23.5 Å². The van der Waals surface area contributed by atoms with Crippen molar-refractivity contribution >= 4 is 29.5 Å². The second-order valence-corrected chi connectivity index (χ2v) is 12.7. The highest BCUT2D eigenvalue weighted by Crippen LogP contribution is 2.34. The molecular formula is C28H44FN5O5. The molecule has 0 spiro atoms. The number of halogens is 1. The summed E-state index contributed by atoms with van der Waals surface area (Å²) in [5.74, 6) is -1.05. The number of rotatable bonds is 7. The summed E-state index contributed by atoms with van der Waals surface area (Å²) in [6.45, 7) is 16.3. The highest BCUT2D eigenvalue weighted by atomic mass is 19.1. The van der Waals surface area contributed by atoms with Crippen LogP contribution in [0.4, 0.5) is 25.4 Å². The Hall–Kier alpha value is -3.24. The summed E-state index contributed by atoms with van der Waals surface area (Å²) in [5.41, 5.74) is 4.19. The molecule has 2 aliphatic rings. The van der Waals surface area contributed by atoms with Crippen molar-refractivity contribution in [2.24, 2.45) is 5.92 Å². The molecule has 1 saturated heterocycles. The first-order valence-corrected chi connectivity index (χ1v) is 13.7. The van der Waals surface area contributed by atoms with Crippen LogP contribution in [0.15, 0.2) is 12.1 Å². The summed E-state index contributed by atoms with van der Waals surface area (Å²) in [6.07, 6.45) is 1.55. The molecule has 10 nitrogen and oxygen atoms in total. The summed E-state index contributed by atoms with van der Waals surface area (Å²) in [6, 6.07) is 3.04. The second-order valence-electron chi connectivity index (χ2n) is 12.7. The van der Waals surface area contributed by atoms with Crippen molar-refractivity contribution in [2.45, 2.75) is 97.9 Å². The van der Waals surface area contributed by atoms with E-state index < -0.39 is 29.0 Å². The van der Waals surface area contributed by atoms with Gasteiger partial charge in [0.05, 0.1) is 11.3 Å². The number of carbonyl (C=O) groups excluding carboxylic acids is 3. The fraction of sp³-hybridized carbons (Fsp3) is 0.679. The van der Waals surface area contributed by atoms with Crippen LogP contribution in [-0.2, 0) is 9.47 Å². The number of nitrogens with zero attached hydrogens (tertiary/aromatic N) is 2. The van der Waals surface area contributed by atoms with Crippen LogP contribution < -0.4 is 21.1 Å². The number of ether oxygens (including phenoxy) is 2. The highest BCUT2D eigenvalue weighted by molar-refractivity contribution is 6.01. The van der Waals surface area contributed by atoms with Gasteiger partial charge in [0.25, 0.3) is 5.91 Å². The molecular weight excluding hydrogens is 505 g/mol. The molecule has 3 N–H and O–H groups in total. The topological polar surface area (TPSA) is 112 Å². The zero-order chi connectivity index (χ0) is 29.1. The zero-order valence-corrected chi connectivity index (χ0v) is 24.4. The molecule has 1 aliphatic carbocycles. The minimum atomic E-state index is -0.811. The smallest absolute Gasteiger partial charge is 0.426 e. The number of hydrogen-bond acceptors (Lipinski definition) is 7. The maximum Gasteiger partial charge on any atom is 0.426 e. The number of nitrogens with one attached hydrogen (secondary N) is 3. The SMILES string of the molecule is CC(C)N(CC1CCN(c2cc(NC3CC3)c(C(=O)NNC(=O)OC(C)(C)C)cc2F)C1)C(=O)OC(C)(C)C. The van der Waals surface area contributed by atoms with Gasteiger partial charge in [-0.2, -0.15) is 0 Å². The molecule has 1 unspecified atom stereocenters. The van der Waals surface area contributed by atoms with E-state index in [2.05, 4.69) is 16.2 Å². The van der Waals surface area contributed by atoms with Crippen molar-refractivity contribution in [2.75, 3.05) is 29.9 Å². The predicted molar refractivity (Wildman–Crippen MR) is 148 cm³/mol. The van der Waals surface area contributed by atoms with Gasteiger partial charge in [0.1, 0.15) is 17.0 Å². The van der Waals surface area contributed by atoms with Crippen molar-refractivity contribution in [1.82, 2.24) is 15.8 Å². The van der Waals surface area contributed by atoms with Crippen LogP contribution in [0.1, 0.15) is 85.0 Å². The third-order valence-corrected chi connectivity index (χ3v) is 6.28. The lowest BCUT2D eigenvalue weighted by Crippen LogP contribution is -2.44. The summed E-state index contributed by atoms with van der Waals surface area (Å²) in [7, 11) is 0. The second kappa shape index (κ2) is 11.9. The van der Waals surface area contributed by atoms with Crippen LogP contribution in [0, 0.1) is 11.7 Å². The maximum atomic E-state index is 15.4. The van der Waals surface area contributed by atoms with E-state index in [1.807, 2.05) is 39.5 Å². The minimum Gasteiger partial charge on any atom is -0.444 e. The third-order valence-electron chi connectivity index (χ3n) is 6.28. The van der Waals surface area contributed by atoms with E-state index >= 15 is 4.39 Å². The molecule has 1 aromatic carbocycles. The molecule has 0 aromatic heterocycles. The first kappa shape index (κ1) is 30.3. The van der Waals surface area contributed by atoms with Crippen LogP contribution in [0.3, 0.4) is 0 Å². The fourth-order valence-electron chi connectivity index (χ4n) is 4.33. The number of hydrazine groups is 1. The Kier molecular flexibility index (Phi) is 9.23. The minimum absolute atomic E-state index is 0.0351. The monoisotopic (exact) mass is 549 g/mol. The quantitative estimate of drug-likeness (QED) is 0.409. The molecule has 2 fully saturated rings. The molecule has 39 heavy (non-hydrogen) atoms. The van der Waals surface area contributed by atoms with Gasteiger partial charge in [-0.1, -0.05) is 0 Å². The van der Waals surface area contributed by atoms with Gasteiger partial charge in [-0.25, -0.2) is 19.4 Å². The first-order valence-electron chi connectivity index (χ1n) is 13.7. The lowest BCUT2D eigenvalue weighted by molar-refractivity contribution is 0.0162. The van der Waals surface area contributed by atoms with Gasteiger partial charge in [0.2, 0.25) is 0 Å². The molecule has 0 radical (unpaired) electrons. The standard InChI is InChI=1S/C28H44FN5O5/c1-17(2)34(26(37)39-28(6,7)8)16-18-11-12-33(15-18)23-14-22(30-19-9-10-19)20(13-21(23)29)24(35)31-32-25(36)38-27(3,4)5/h13-14,17-19,30H,9-12,15-16H2,1-8H3,(H,31,35)(H,32,36). The Morgan fingerprint density at radius 2 is 1.67 bits per heavy atom. The predicted octanol–water partition coefficient (Wildman–Crippen LogP) is 5.04. The van der Waals surface area contributed by atoms with Crippen molar-refractivity contribution in [3.63, 3.8) is 0 Å². The van der Waals surface area contributed by atoms with E-state index in [4.69, 9.17) is 9.47 Å². The summed E-state index contributed by atoms with van der Waals surface area (Å²) in [5, 5.41) is 3.31. The first-order chi connectivity index (χ1) is 18.0. The number of benzene rings is 1. The molecule has 3 amide bonds. The van der Waals surface area contributed by atoms with E-state index in [1.54, 1.807) is 31.7 Å². The van der Waals surface area contributed by atoms with Gasteiger partial charge in [-0.3, -0.25) is 10.2 Å². The molecule has 0 bridgehead atoms. The van der Waals surface area contributed by atoms with Crippen molar-refractivity contribution in [1.29, 1.82) is 0 Å². The number of amides is 3. The lowest BCUT2D eigenvalue weighted by Gasteiger charge is -2.32. The van der Waals surface area contributed by atoms with Crippen LogP contribution in [0.5, 0.6) is 0 Å². The Morgan fingerprint density at radius 1 is 1.03 bits per heavy atom. The summed E-state index contributed by atoms with van der Waals surface area (Å²) in [4.78, 5) is 41.3. The molecule has 11 heteroatoms. The van der Waals surface area contributed by atoms with Crippen LogP contribution >= 0.6 is 0 Å². The van der Waals surface area contributed by atoms with Gasteiger partial charge in [0.15, 0.2) is 0 Å². The average molecular weight is 550 g/mol. The van der Waals surface area contributed by atoms with E-state index in [0.717, 1.165) is 19.3 Å². The summed E-state index contributed by atoms with van der Waals surface area (Å²) < 4.78 is 26.1. The average Bonchev–Trinajstić information content (AvgIpc) is 3.48. The van der Waals surface area contributed by atoms with E-state index in [1.165, 1.54) is 6.07 Å². The molecule has 3 rings (SSSR count). The molecule has 1 atom stereocenters. The summed E-state index contributed by atoms with van der Waals surface area (Å²) >= 11 is 0. The molecule has 1 aliphatic heterocycles. The van der Waals surface area contributed by atoms with Gasteiger partial charge < -0.3 is 24.6 Å². The van der Waals surface area contributed by atoms with Crippen LogP contribution in [0.2, 0.25) is 0 Å². The van der Waals surface area contributed by atoms with Gasteiger partial charge in [-0.15, -0.1) is 0 Å². The van der Waals surface area contributed by atoms with Gasteiger partial charge in [-0.05, 0) is 92.7 Å². The third kappa shape index (κ3) is 9.18.